The lowest BCUT2D eigenvalue weighted by atomic mass is 10.1. The Morgan fingerprint density at radius 1 is 0.862 bits per heavy atom. The average Bonchev–Trinajstić information content (AvgIpc) is 3.10. The number of benzene rings is 3. The second kappa shape index (κ2) is 8.39. The van der Waals surface area contributed by atoms with E-state index in [1.807, 2.05) is 55.5 Å². The molecule has 0 N–H and O–H groups in total. The summed E-state index contributed by atoms with van der Waals surface area (Å²) in [5, 5.41) is 0. The molecule has 0 aliphatic carbocycles. The van der Waals surface area contributed by atoms with E-state index in [1.54, 1.807) is 0 Å². The molecule has 4 aromatic rings. The van der Waals surface area contributed by atoms with Gasteiger partial charge in [0.1, 0.15) is 18.1 Å². The molecule has 0 radical (unpaired) electrons. The first-order chi connectivity index (χ1) is 14.1. The standard InChI is InChI=1S/C25H26N2O2/c1-18-10-9-11-19(2)24(18)28-17-16-27-23-15-8-7-14-22(23)26-25(27)20(3)29-21-12-5-4-6-13-21/h4-15,20H,16-17H2,1-3H3. The topological polar surface area (TPSA) is 36.3 Å². The van der Waals surface area contributed by atoms with Gasteiger partial charge in [0, 0.05) is 0 Å². The van der Waals surface area contributed by atoms with Crippen molar-refractivity contribution < 1.29 is 9.47 Å². The third-order valence-corrected chi connectivity index (χ3v) is 5.07. The molecular weight excluding hydrogens is 360 g/mol. The lowest BCUT2D eigenvalue weighted by Crippen LogP contribution is -2.16. The van der Waals surface area contributed by atoms with Gasteiger partial charge in [-0.2, -0.15) is 0 Å². The second-order valence-corrected chi connectivity index (χ2v) is 7.25. The van der Waals surface area contributed by atoms with E-state index in [4.69, 9.17) is 14.5 Å². The number of aromatic nitrogens is 2. The van der Waals surface area contributed by atoms with Gasteiger partial charge in [-0.3, -0.25) is 0 Å². The number of fused-ring (bicyclic) bond motifs is 1. The van der Waals surface area contributed by atoms with E-state index in [9.17, 15) is 0 Å². The number of rotatable bonds is 7. The smallest absolute Gasteiger partial charge is 0.153 e. The van der Waals surface area contributed by atoms with E-state index in [-0.39, 0.29) is 6.10 Å². The largest absolute Gasteiger partial charge is 0.491 e. The summed E-state index contributed by atoms with van der Waals surface area (Å²) in [6.45, 7) is 7.46. The van der Waals surface area contributed by atoms with Crippen molar-refractivity contribution in [2.24, 2.45) is 0 Å². The van der Waals surface area contributed by atoms with Crippen LogP contribution in [0, 0.1) is 13.8 Å². The van der Waals surface area contributed by atoms with Crippen LogP contribution in [0.2, 0.25) is 0 Å². The van der Waals surface area contributed by atoms with Crippen LogP contribution in [-0.2, 0) is 6.54 Å². The Labute approximate surface area is 171 Å². The molecule has 0 aliphatic heterocycles. The maximum atomic E-state index is 6.15. The monoisotopic (exact) mass is 386 g/mol. The summed E-state index contributed by atoms with van der Waals surface area (Å²) in [7, 11) is 0. The van der Waals surface area contributed by atoms with Crippen molar-refractivity contribution in [2.45, 2.75) is 33.4 Å². The minimum absolute atomic E-state index is 0.176. The fourth-order valence-corrected chi connectivity index (χ4v) is 3.66. The highest BCUT2D eigenvalue weighted by atomic mass is 16.5. The van der Waals surface area contributed by atoms with E-state index in [2.05, 4.69) is 42.7 Å². The van der Waals surface area contributed by atoms with Gasteiger partial charge in [-0.15, -0.1) is 0 Å². The summed E-state index contributed by atoms with van der Waals surface area (Å²) < 4.78 is 14.5. The van der Waals surface area contributed by atoms with Crippen LogP contribution in [0.1, 0.15) is 30.0 Å². The molecule has 1 unspecified atom stereocenters. The minimum Gasteiger partial charge on any atom is -0.491 e. The number of ether oxygens (including phenoxy) is 2. The third-order valence-electron chi connectivity index (χ3n) is 5.07. The van der Waals surface area contributed by atoms with Crippen LogP contribution in [0.15, 0.2) is 72.8 Å². The molecule has 0 saturated heterocycles. The van der Waals surface area contributed by atoms with E-state index >= 15 is 0 Å². The summed E-state index contributed by atoms with van der Waals surface area (Å²) in [6.07, 6.45) is -0.176. The van der Waals surface area contributed by atoms with Gasteiger partial charge in [-0.05, 0) is 56.2 Å². The number of imidazole rings is 1. The first-order valence-electron chi connectivity index (χ1n) is 9.99. The van der Waals surface area contributed by atoms with Gasteiger partial charge < -0.3 is 14.0 Å². The third kappa shape index (κ3) is 4.11. The normalized spacial score (nSPS) is 12.1. The summed E-state index contributed by atoms with van der Waals surface area (Å²) in [4.78, 5) is 4.85. The predicted octanol–water partition coefficient (Wildman–Crippen LogP) is 5.87. The van der Waals surface area contributed by atoms with Crippen molar-refractivity contribution in [3.05, 3.63) is 89.7 Å². The zero-order valence-corrected chi connectivity index (χ0v) is 17.1. The lowest BCUT2D eigenvalue weighted by molar-refractivity contribution is 0.207. The Morgan fingerprint density at radius 3 is 2.31 bits per heavy atom. The van der Waals surface area contributed by atoms with Crippen LogP contribution in [-0.4, -0.2) is 16.2 Å². The quantitative estimate of drug-likeness (QED) is 0.398. The number of hydrogen-bond acceptors (Lipinski definition) is 3. The molecule has 1 aromatic heterocycles. The molecule has 1 atom stereocenters. The maximum absolute atomic E-state index is 6.15. The number of hydrogen-bond donors (Lipinski definition) is 0. The van der Waals surface area contributed by atoms with Crippen LogP contribution >= 0.6 is 0 Å². The van der Waals surface area contributed by atoms with E-state index < -0.39 is 0 Å². The number of nitrogens with zero attached hydrogens (tertiary/aromatic N) is 2. The highest BCUT2D eigenvalue weighted by Gasteiger charge is 2.18. The molecule has 1 heterocycles. The van der Waals surface area contributed by atoms with Crippen LogP contribution < -0.4 is 9.47 Å². The highest BCUT2D eigenvalue weighted by Crippen LogP contribution is 2.26. The van der Waals surface area contributed by atoms with Crippen LogP contribution in [0.3, 0.4) is 0 Å². The molecule has 0 saturated carbocycles. The Balaban J connectivity index is 1.58. The average molecular weight is 386 g/mol. The molecule has 0 fully saturated rings. The fraction of sp³-hybridized carbons (Fsp3) is 0.240. The van der Waals surface area contributed by atoms with Crippen molar-refractivity contribution in [3.63, 3.8) is 0 Å². The van der Waals surface area contributed by atoms with Crippen LogP contribution in [0.5, 0.6) is 11.5 Å². The highest BCUT2D eigenvalue weighted by molar-refractivity contribution is 5.76. The van der Waals surface area contributed by atoms with E-state index in [0.29, 0.717) is 13.2 Å². The molecule has 4 rings (SSSR count). The predicted molar refractivity (Wildman–Crippen MR) is 117 cm³/mol. The van der Waals surface area contributed by atoms with Crippen molar-refractivity contribution in [1.29, 1.82) is 0 Å². The van der Waals surface area contributed by atoms with Crippen molar-refractivity contribution in [2.75, 3.05) is 6.61 Å². The van der Waals surface area contributed by atoms with Gasteiger partial charge in [0.25, 0.3) is 0 Å². The maximum Gasteiger partial charge on any atom is 0.153 e. The lowest BCUT2D eigenvalue weighted by Gasteiger charge is -2.18. The van der Waals surface area contributed by atoms with Gasteiger partial charge in [0.05, 0.1) is 17.6 Å². The molecule has 148 valence electrons. The van der Waals surface area contributed by atoms with Gasteiger partial charge in [-0.1, -0.05) is 48.5 Å². The van der Waals surface area contributed by atoms with Crippen molar-refractivity contribution >= 4 is 11.0 Å². The number of para-hydroxylation sites is 4. The minimum atomic E-state index is -0.176. The zero-order chi connectivity index (χ0) is 20.2. The summed E-state index contributed by atoms with van der Waals surface area (Å²) in [6, 6.07) is 24.3. The molecule has 0 aliphatic rings. The summed E-state index contributed by atoms with van der Waals surface area (Å²) in [5.74, 6) is 2.71. The molecule has 4 nitrogen and oxygen atoms in total. The first kappa shape index (κ1) is 19.1. The van der Waals surface area contributed by atoms with Gasteiger partial charge in [0.2, 0.25) is 0 Å². The Morgan fingerprint density at radius 2 is 1.55 bits per heavy atom. The molecule has 4 heteroatoms. The molecule has 0 bridgehead atoms. The van der Waals surface area contributed by atoms with E-state index in [0.717, 1.165) is 39.5 Å². The van der Waals surface area contributed by atoms with E-state index in [1.165, 1.54) is 0 Å². The first-order valence-corrected chi connectivity index (χ1v) is 9.99. The van der Waals surface area contributed by atoms with Crippen molar-refractivity contribution in [3.8, 4) is 11.5 Å². The Kier molecular flexibility index (Phi) is 5.52. The summed E-state index contributed by atoms with van der Waals surface area (Å²) >= 11 is 0. The summed E-state index contributed by atoms with van der Waals surface area (Å²) in [5.41, 5.74) is 4.37. The van der Waals surface area contributed by atoms with Gasteiger partial charge in [-0.25, -0.2) is 4.98 Å². The molecular formula is C25H26N2O2. The van der Waals surface area contributed by atoms with Crippen LogP contribution in [0.4, 0.5) is 0 Å². The Bertz CT molecular complexity index is 1080. The van der Waals surface area contributed by atoms with Crippen LogP contribution in [0.25, 0.3) is 11.0 Å². The molecule has 0 amide bonds. The zero-order valence-electron chi connectivity index (χ0n) is 17.1. The van der Waals surface area contributed by atoms with Crippen molar-refractivity contribution in [1.82, 2.24) is 9.55 Å². The molecule has 29 heavy (non-hydrogen) atoms. The van der Waals surface area contributed by atoms with Gasteiger partial charge >= 0.3 is 0 Å². The SMILES string of the molecule is Cc1cccc(C)c1OCCn1c(C(C)Oc2ccccc2)nc2ccccc21. The second-order valence-electron chi connectivity index (χ2n) is 7.25. The Hall–Kier alpha value is -3.27. The molecule has 3 aromatic carbocycles. The fourth-order valence-electron chi connectivity index (χ4n) is 3.66. The molecule has 0 spiro atoms. The number of aryl methyl sites for hydroxylation is 2. The van der Waals surface area contributed by atoms with Gasteiger partial charge in [0.15, 0.2) is 11.9 Å².